The molecule has 0 unspecified atom stereocenters. The van der Waals surface area contributed by atoms with Gasteiger partial charge in [0, 0.05) is 38.6 Å². The normalized spacial score (nSPS) is 13.8. The zero-order valence-corrected chi connectivity index (χ0v) is 32.0. The van der Waals surface area contributed by atoms with Crippen LogP contribution in [0.15, 0.2) is 121 Å². The molecule has 0 aliphatic carbocycles. The smallest absolute Gasteiger partial charge is 0.253 e. The molecule has 0 amide bonds. The van der Waals surface area contributed by atoms with E-state index in [1.54, 1.807) is 0 Å². The molecule has 0 spiro atoms. The molecule has 258 valence electrons. The number of hydrogen-bond acceptors (Lipinski definition) is 0. The Labute approximate surface area is 316 Å². The van der Waals surface area contributed by atoms with Crippen LogP contribution in [0.25, 0.3) is 88.4 Å². The second kappa shape index (κ2) is 9.84. The Balaban J connectivity index is 1.39. The standard InChI is InChI=1S/C51H41BN2/c1-28-23-39-44-40(24-28)54-47(30-17-12-9-13-18-30)42(29-15-10-8-11-16-29)36-25-31-19-14-20-33-41(31)45(49(36)54)52(44)46-43(33)37(51(5,6)7)27-35-34-26-32(50(2,3)4)21-22-38(34)53(39)48(35)46/h8-27H,1-7H3. The van der Waals surface area contributed by atoms with Crippen molar-refractivity contribution >= 4 is 66.6 Å². The third kappa shape index (κ3) is 3.63. The van der Waals surface area contributed by atoms with Crippen molar-refractivity contribution in [2.45, 2.75) is 59.3 Å². The lowest BCUT2D eigenvalue weighted by Crippen LogP contribution is -2.61. The predicted molar refractivity (Wildman–Crippen MR) is 232 cm³/mol. The van der Waals surface area contributed by atoms with Gasteiger partial charge in [-0.05, 0) is 120 Å². The van der Waals surface area contributed by atoms with Gasteiger partial charge in [0.2, 0.25) is 0 Å². The van der Waals surface area contributed by atoms with Crippen molar-refractivity contribution in [1.82, 2.24) is 9.13 Å². The van der Waals surface area contributed by atoms with E-state index in [0.717, 1.165) is 0 Å². The number of hydrogen-bond donors (Lipinski definition) is 0. The molecule has 0 fully saturated rings. The number of benzene rings is 7. The monoisotopic (exact) mass is 692 g/mol. The maximum atomic E-state index is 2.67. The Bertz CT molecular complexity index is 3160. The highest BCUT2D eigenvalue weighted by atomic mass is 15.0. The molecule has 2 aromatic heterocycles. The Morgan fingerprint density at radius 3 is 1.91 bits per heavy atom. The summed E-state index contributed by atoms with van der Waals surface area (Å²) in [6.07, 6.45) is 0. The van der Waals surface area contributed by atoms with Crippen molar-refractivity contribution in [3.05, 3.63) is 138 Å². The molecule has 0 radical (unpaired) electrons. The minimum atomic E-state index is -0.0634. The van der Waals surface area contributed by atoms with E-state index in [2.05, 4.69) is 179 Å². The molecule has 3 heteroatoms. The summed E-state index contributed by atoms with van der Waals surface area (Å²) >= 11 is 0. The van der Waals surface area contributed by atoms with Gasteiger partial charge in [-0.1, -0.05) is 126 Å². The number of aryl methyl sites for hydroxylation is 1. The second-order valence-electron chi connectivity index (χ2n) is 18.2. The van der Waals surface area contributed by atoms with Crippen LogP contribution < -0.4 is 16.4 Å². The van der Waals surface area contributed by atoms with Gasteiger partial charge in [-0.2, -0.15) is 0 Å². The van der Waals surface area contributed by atoms with Crippen LogP contribution in [0.1, 0.15) is 58.2 Å². The van der Waals surface area contributed by atoms with Crippen LogP contribution in [0, 0.1) is 6.92 Å². The number of nitrogens with zero attached hydrogens (tertiary/aromatic N) is 2. The molecule has 0 bridgehead atoms. The molecule has 12 rings (SSSR count). The summed E-state index contributed by atoms with van der Waals surface area (Å²) in [6, 6.07) is 46.6. The van der Waals surface area contributed by atoms with Crippen LogP contribution in [0.5, 0.6) is 0 Å². The fourth-order valence-corrected chi connectivity index (χ4v) is 10.7. The lowest BCUT2D eigenvalue weighted by molar-refractivity contribution is 0.591. The van der Waals surface area contributed by atoms with Gasteiger partial charge in [-0.25, -0.2) is 0 Å². The van der Waals surface area contributed by atoms with E-state index in [1.807, 2.05) is 0 Å². The fourth-order valence-electron chi connectivity index (χ4n) is 10.7. The van der Waals surface area contributed by atoms with E-state index in [1.165, 1.54) is 121 Å². The summed E-state index contributed by atoms with van der Waals surface area (Å²) in [4.78, 5) is 0. The highest BCUT2D eigenvalue weighted by Crippen LogP contribution is 2.51. The maximum absolute atomic E-state index is 2.67. The van der Waals surface area contributed by atoms with Gasteiger partial charge in [0.15, 0.2) is 0 Å². The largest absolute Gasteiger partial charge is 0.310 e. The third-order valence-corrected chi connectivity index (χ3v) is 12.9. The van der Waals surface area contributed by atoms with Gasteiger partial charge in [0.1, 0.15) is 0 Å². The van der Waals surface area contributed by atoms with Crippen LogP contribution in [0.2, 0.25) is 0 Å². The molecule has 3 aliphatic rings. The first kappa shape index (κ1) is 30.6. The van der Waals surface area contributed by atoms with Crippen molar-refractivity contribution < 1.29 is 0 Å². The molecule has 0 atom stereocenters. The lowest BCUT2D eigenvalue weighted by atomic mass is 9.31. The van der Waals surface area contributed by atoms with Gasteiger partial charge in [-0.15, -0.1) is 0 Å². The fraction of sp³-hybridized carbons (Fsp3) is 0.176. The summed E-state index contributed by atoms with van der Waals surface area (Å²) < 4.78 is 5.33. The van der Waals surface area contributed by atoms with Gasteiger partial charge in [0.25, 0.3) is 6.71 Å². The zero-order valence-electron chi connectivity index (χ0n) is 32.0. The van der Waals surface area contributed by atoms with E-state index >= 15 is 0 Å². The van der Waals surface area contributed by atoms with Crippen molar-refractivity contribution in [2.75, 3.05) is 0 Å². The SMILES string of the molecule is Cc1cc2c3c(c1)-n1c4ccc(C(C)(C)C)cc4c4cc(C(C)(C)C)c5c(c41)B3c1c3c-5cccc3cc3c(-c4ccccc4)c(-c4ccccc4)n-2c13. The van der Waals surface area contributed by atoms with Crippen molar-refractivity contribution in [2.24, 2.45) is 0 Å². The topological polar surface area (TPSA) is 9.86 Å². The van der Waals surface area contributed by atoms with Gasteiger partial charge in [-0.3, -0.25) is 0 Å². The predicted octanol–water partition coefficient (Wildman–Crippen LogP) is 11.2. The highest BCUT2D eigenvalue weighted by molar-refractivity contribution is 7.03. The van der Waals surface area contributed by atoms with Gasteiger partial charge in [0.05, 0.1) is 16.7 Å². The van der Waals surface area contributed by atoms with E-state index in [0.29, 0.717) is 0 Å². The van der Waals surface area contributed by atoms with Gasteiger partial charge < -0.3 is 9.13 Å². The third-order valence-electron chi connectivity index (χ3n) is 12.9. The van der Waals surface area contributed by atoms with E-state index in [-0.39, 0.29) is 17.5 Å². The Morgan fingerprint density at radius 1 is 0.519 bits per heavy atom. The first-order chi connectivity index (χ1) is 26.0. The second-order valence-corrected chi connectivity index (χ2v) is 18.2. The van der Waals surface area contributed by atoms with Crippen LogP contribution in [-0.4, -0.2) is 15.8 Å². The maximum Gasteiger partial charge on any atom is 0.253 e. The van der Waals surface area contributed by atoms with Crippen LogP contribution in [0.3, 0.4) is 0 Å². The van der Waals surface area contributed by atoms with E-state index in [9.17, 15) is 0 Å². The minimum Gasteiger partial charge on any atom is -0.310 e. The Kier molecular flexibility index (Phi) is 5.58. The summed E-state index contributed by atoms with van der Waals surface area (Å²) in [5, 5.41) is 6.82. The Morgan fingerprint density at radius 2 is 1.20 bits per heavy atom. The number of fused-ring (bicyclic) bond motifs is 6. The molecule has 7 aromatic carbocycles. The molecule has 9 aromatic rings. The zero-order chi connectivity index (χ0) is 36.6. The van der Waals surface area contributed by atoms with E-state index < -0.39 is 0 Å². The highest BCUT2D eigenvalue weighted by Gasteiger charge is 2.47. The van der Waals surface area contributed by atoms with Crippen molar-refractivity contribution in [1.29, 1.82) is 0 Å². The summed E-state index contributed by atoms with van der Waals surface area (Å²) in [5.74, 6) is 0. The molecule has 54 heavy (non-hydrogen) atoms. The molecule has 0 N–H and O–H groups in total. The Hall–Kier alpha value is -5.80. The van der Waals surface area contributed by atoms with Gasteiger partial charge >= 0.3 is 0 Å². The average Bonchev–Trinajstić information content (AvgIpc) is 3.68. The molecule has 0 saturated heterocycles. The first-order valence-electron chi connectivity index (χ1n) is 19.6. The average molecular weight is 693 g/mol. The van der Waals surface area contributed by atoms with Crippen LogP contribution in [0.4, 0.5) is 0 Å². The lowest BCUT2D eigenvalue weighted by Gasteiger charge is -2.40. The summed E-state index contributed by atoms with van der Waals surface area (Å²) in [7, 11) is 0. The number of aromatic nitrogens is 2. The van der Waals surface area contributed by atoms with E-state index in [4.69, 9.17) is 0 Å². The minimum absolute atomic E-state index is 0.0466. The molecule has 3 aliphatic heterocycles. The molecular weight excluding hydrogens is 651 g/mol. The molecule has 2 nitrogen and oxygen atoms in total. The quantitative estimate of drug-likeness (QED) is 0.160. The molecule has 5 heterocycles. The molecule has 0 saturated carbocycles. The summed E-state index contributed by atoms with van der Waals surface area (Å²) in [6.45, 7) is 16.6. The van der Waals surface area contributed by atoms with Crippen LogP contribution in [-0.2, 0) is 10.8 Å². The first-order valence-corrected chi connectivity index (χ1v) is 19.6. The summed E-state index contributed by atoms with van der Waals surface area (Å²) in [5.41, 5.74) is 23.1. The molecular formula is C51H41BN2. The number of rotatable bonds is 2. The van der Waals surface area contributed by atoms with Crippen molar-refractivity contribution in [3.63, 3.8) is 0 Å². The van der Waals surface area contributed by atoms with Crippen LogP contribution >= 0.6 is 0 Å². The van der Waals surface area contributed by atoms with Crippen molar-refractivity contribution in [3.8, 4) is 44.9 Å².